The van der Waals surface area contributed by atoms with E-state index in [1.807, 2.05) is 13.0 Å². The summed E-state index contributed by atoms with van der Waals surface area (Å²) in [6.07, 6.45) is 4.81. The minimum Gasteiger partial charge on any atom is -0.215 e. The van der Waals surface area contributed by atoms with E-state index >= 15 is 0 Å². The molecule has 0 bridgehead atoms. The van der Waals surface area contributed by atoms with Gasteiger partial charge in [0.25, 0.3) is 0 Å². The van der Waals surface area contributed by atoms with Gasteiger partial charge in [0.1, 0.15) is 0 Å². The number of hydrogen-bond donors (Lipinski definition) is 0. The van der Waals surface area contributed by atoms with Crippen molar-refractivity contribution in [2.24, 2.45) is 4.99 Å². The van der Waals surface area contributed by atoms with E-state index in [1.165, 1.54) is 5.57 Å². The van der Waals surface area contributed by atoms with Gasteiger partial charge in [0.05, 0.1) is 0 Å². The molecule has 1 heteroatoms. The minimum atomic E-state index is 1.02. The van der Waals surface area contributed by atoms with E-state index in [0.29, 0.717) is 0 Å². The Kier molecular flexibility index (Phi) is 1.10. The van der Waals surface area contributed by atoms with Crippen molar-refractivity contribution in [3.05, 3.63) is 17.8 Å². The zero-order chi connectivity index (χ0) is 5.11. The Labute approximate surface area is 43.1 Å². The normalized spacial score (nSPS) is 17.0. The third-order valence-corrected chi connectivity index (χ3v) is 0.859. The smallest absolute Gasteiger partial charge is 0.0331 e. The largest absolute Gasteiger partial charge is 0.215 e. The van der Waals surface area contributed by atoms with E-state index in [-0.39, 0.29) is 0 Å². The average Bonchev–Trinajstić information content (AvgIpc) is 1.69. The van der Waals surface area contributed by atoms with E-state index in [9.17, 15) is 0 Å². The van der Waals surface area contributed by atoms with Crippen molar-refractivity contribution in [3.8, 4) is 0 Å². The van der Waals surface area contributed by atoms with E-state index in [2.05, 4.69) is 10.9 Å². The van der Waals surface area contributed by atoms with Gasteiger partial charge in [-0.3, -0.25) is 0 Å². The van der Waals surface area contributed by atoms with E-state index in [4.69, 9.17) is 0 Å². The zero-order valence-electron chi connectivity index (χ0n) is 4.31. The second-order valence-corrected chi connectivity index (χ2v) is 1.61. The molecule has 1 aliphatic heterocycles. The first-order chi connectivity index (χ1) is 3.39. The standard InChI is InChI=1S/C6H7N/c1-6-3-2-4-7-5-6/h2,4H,3H2,1H3. The molecule has 0 aliphatic carbocycles. The molecule has 7 heavy (non-hydrogen) atoms. The highest BCUT2D eigenvalue weighted by molar-refractivity contribution is 5.59. The molecule has 1 heterocycles. The van der Waals surface area contributed by atoms with Crippen LogP contribution in [0, 0.1) is 0 Å². The van der Waals surface area contributed by atoms with Gasteiger partial charge in [-0.15, -0.1) is 0 Å². The molecule has 0 unspecified atom stereocenters. The summed E-state index contributed by atoms with van der Waals surface area (Å²) in [4.78, 5) is 3.79. The van der Waals surface area contributed by atoms with Crippen LogP contribution in [0.15, 0.2) is 22.8 Å². The van der Waals surface area contributed by atoms with Gasteiger partial charge in [-0.2, -0.15) is 0 Å². The van der Waals surface area contributed by atoms with Gasteiger partial charge in [0.15, 0.2) is 0 Å². The van der Waals surface area contributed by atoms with Gasteiger partial charge in [-0.25, -0.2) is 4.99 Å². The summed E-state index contributed by atoms with van der Waals surface area (Å²) < 4.78 is 0. The van der Waals surface area contributed by atoms with Gasteiger partial charge in [-0.1, -0.05) is 6.08 Å². The summed E-state index contributed by atoms with van der Waals surface area (Å²) in [7, 11) is 0. The molecule has 0 aromatic rings. The molecular weight excluding hydrogens is 86.1 g/mol. The Morgan fingerprint density at radius 1 is 1.86 bits per heavy atom. The van der Waals surface area contributed by atoms with Gasteiger partial charge >= 0.3 is 0 Å². The molecule has 0 saturated carbocycles. The molecule has 1 rings (SSSR count). The van der Waals surface area contributed by atoms with Crippen LogP contribution in [-0.2, 0) is 0 Å². The zero-order valence-corrected chi connectivity index (χ0v) is 4.31. The Balaban J connectivity index is 2.84. The molecule has 0 fully saturated rings. The Hall–Kier alpha value is -0.810. The van der Waals surface area contributed by atoms with Crippen molar-refractivity contribution in [2.75, 3.05) is 0 Å². The van der Waals surface area contributed by atoms with Crippen LogP contribution in [0.5, 0.6) is 0 Å². The fourth-order valence-electron chi connectivity index (χ4n) is 0.475. The maximum Gasteiger partial charge on any atom is 0.0331 e. The van der Waals surface area contributed by atoms with Crippen molar-refractivity contribution >= 4 is 5.87 Å². The van der Waals surface area contributed by atoms with Crippen molar-refractivity contribution in [1.82, 2.24) is 0 Å². The fourth-order valence-corrected chi connectivity index (χ4v) is 0.475. The lowest BCUT2D eigenvalue weighted by Gasteiger charge is -1.89. The summed E-state index contributed by atoms with van der Waals surface area (Å²) in [6.45, 7) is 2.02. The topological polar surface area (TPSA) is 12.4 Å². The van der Waals surface area contributed by atoms with Crippen LogP contribution in [0.25, 0.3) is 0 Å². The summed E-state index contributed by atoms with van der Waals surface area (Å²) in [6, 6.07) is 0. The third-order valence-electron chi connectivity index (χ3n) is 0.859. The van der Waals surface area contributed by atoms with Crippen LogP contribution in [0.1, 0.15) is 13.3 Å². The quantitative estimate of drug-likeness (QED) is 0.430. The number of rotatable bonds is 0. The lowest BCUT2D eigenvalue weighted by molar-refractivity contribution is 1.21. The first kappa shape index (κ1) is 4.35. The SMILES string of the molecule is CC1=C=NC=CC1. The molecule has 0 saturated heterocycles. The van der Waals surface area contributed by atoms with Crippen LogP contribution >= 0.6 is 0 Å². The highest BCUT2D eigenvalue weighted by Crippen LogP contribution is 1.98. The molecule has 1 nitrogen and oxygen atoms in total. The molecular formula is C6H7N. The lowest BCUT2D eigenvalue weighted by Crippen LogP contribution is -1.75. The molecule has 0 amide bonds. The lowest BCUT2D eigenvalue weighted by atomic mass is 10.2. The second kappa shape index (κ2) is 1.76. The van der Waals surface area contributed by atoms with Crippen LogP contribution in [0.4, 0.5) is 0 Å². The molecule has 36 valence electrons. The predicted molar refractivity (Wildman–Crippen MR) is 30.4 cm³/mol. The summed E-state index contributed by atoms with van der Waals surface area (Å²) in [5.74, 6) is 2.84. The first-order valence-corrected chi connectivity index (χ1v) is 2.33. The maximum absolute atomic E-state index is 3.79. The number of allylic oxidation sites excluding steroid dienone is 2. The molecule has 0 spiro atoms. The van der Waals surface area contributed by atoms with Gasteiger partial charge in [0, 0.05) is 6.20 Å². The van der Waals surface area contributed by atoms with Crippen LogP contribution < -0.4 is 0 Å². The van der Waals surface area contributed by atoms with E-state index < -0.39 is 0 Å². The van der Waals surface area contributed by atoms with Crippen molar-refractivity contribution < 1.29 is 0 Å². The number of aliphatic imine (C=N–C) groups is 1. The third kappa shape index (κ3) is 1.02. The van der Waals surface area contributed by atoms with Crippen LogP contribution in [0.2, 0.25) is 0 Å². The highest BCUT2D eigenvalue weighted by atomic mass is 14.6. The van der Waals surface area contributed by atoms with E-state index in [0.717, 1.165) is 6.42 Å². The Bertz CT molecular complexity index is 148. The average molecular weight is 93.1 g/mol. The van der Waals surface area contributed by atoms with Crippen LogP contribution in [0.3, 0.4) is 0 Å². The minimum absolute atomic E-state index is 1.02. The Morgan fingerprint density at radius 2 is 2.71 bits per heavy atom. The van der Waals surface area contributed by atoms with Crippen molar-refractivity contribution in [1.29, 1.82) is 0 Å². The summed E-state index contributed by atoms with van der Waals surface area (Å²) in [5, 5.41) is 0. The van der Waals surface area contributed by atoms with Crippen molar-refractivity contribution in [3.63, 3.8) is 0 Å². The van der Waals surface area contributed by atoms with Gasteiger partial charge < -0.3 is 0 Å². The Morgan fingerprint density at radius 3 is 3.00 bits per heavy atom. The van der Waals surface area contributed by atoms with Crippen molar-refractivity contribution in [2.45, 2.75) is 13.3 Å². The number of hydrogen-bond acceptors (Lipinski definition) is 1. The highest BCUT2D eigenvalue weighted by Gasteiger charge is 1.83. The molecule has 0 aromatic carbocycles. The van der Waals surface area contributed by atoms with E-state index in [1.54, 1.807) is 6.20 Å². The predicted octanol–water partition coefficient (Wildman–Crippen LogP) is 1.52. The summed E-state index contributed by atoms with van der Waals surface area (Å²) in [5.41, 5.74) is 1.21. The maximum atomic E-state index is 3.79. The summed E-state index contributed by atoms with van der Waals surface area (Å²) >= 11 is 0. The van der Waals surface area contributed by atoms with Gasteiger partial charge in [-0.05, 0) is 24.8 Å². The fraction of sp³-hybridized carbons (Fsp3) is 0.333. The molecule has 1 aliphatic rings. The second-order valence-electron chi connectivity index (χ2n) is 1.61. The number of nitrogens with zero attached hydrogens (tertiary/aromatic N) is 1. The monoisotopic (exact) mass is 93.1 g/mol. The molecule has 0 aromatic heterocycles. The van der Waals surface area contributed by atoms with Gasteiger partial charge in [0.2, 0.25) is 0 Å². The molecule has 0 atom stereocenters. The molecule has 0 radical (unpaired) electrons. The van der Waals surface area contributed by atoms with Crippen LogP contribution in [-0.4, -0.2) is 5.87 Å². The first-order valence-electron chi connectivity index (χ1n) is 2.33. The molecule has 0 N–H and O–H groups in total.